The molecule has 13 rings (SSSR count). The first-order valence-corrected chi connectivity index (χ1v) is 26.7. The second-order valence-electron chi connectivity index (χ2n) is 27.2. The van der Waals surface area contributed by atoms with Crippen molar-refractivity contribution in [2.75, 3.05) is 4.81 Å². The van der Waals surface area contributed by atoms with Gasteiger partial charge in [0.25, 0.3) is 0 Å². The lowest BCUT2D eigenvalue weighted by Gasteiger charge is -2.46. The Kier molecular flexibility index (Phi) is 8.95. The highest BCUT2D eigenvalue weighted by atomic mass is 16.3. The van der Waals surface area contributed by atoms with Crippen molar-refractivity contribution in [3.63, 3.8) is 0 Å². The summed E-state index contributed by atoms with van der Waals surface area (Å²) in [6, 6.07) is 43.6. The molecule has 2 aromatic heterocycles. The second-order valence-corrected chi connectivity index (χ2v) is 27.2. The van der Waals surface area contributed by atoms with Crippen molar-refractivity contribution < 1.29 is 4.42 Å². The highest BCUT2D eigenvalue weighted by Gasteiger charge is 2.48. The maximum absolute atomic E-state index is 7.53. The van der Waals surface area contributed by atoms with E-state index in [1.54, 1.807) is 0 Å². The van der Waals surface area contributed by atoms with Crippen LogP contribution >= 0.6 is 0 Å². The van der Waals surface area contributed by atoms with E-state index in [9.17, 15) is 0 Å². The average molecular weight is 931 g/mol. The molecule has 9 aromatic rings. The predicted octanol–water partition coefficient (Wildman–Crippen LogP) is 17.2. The largest absolute Gasteiger partial charge is 0.455 e. The number of aryl methyl sites for hydroxylation is 1. The number of nitrogens with zero attached hydrogens (tertiary/aromatic N) is 2. The van der Waals surface area contributed by atoms with Crippen molar-refractivity contribution in [1.82, 2.24) is 4.57 Å². The van der Waals surface area contributed by atoms with E-state index in [0.29, 0.717) is 0 Å². The molecule has 0 saturated carbocycles. The summed E-state index contributed by atoms with van der Waals surface area (Å²) >= 11 is 0. The quantitative estimate of drug-likeness (QED) is 0.161. The van der Waals surface area contributed by atoms with Crippen molar-refractivity contribution in [3.05, 3.63) is 148 Å². The minimum Gasteiger partial charge on any atom is -0.455 e. The molecule has 0 N–H and O–H groups in total. The Morgan fingerprint density at radius 2 is 1.11 bits per heavy atom. The van der Waals surface area contributed by atoms with Crippen molar-refractivity contribution >= 4 is 72.9 Å². The van der Waals surface area contributed by atoms with Crippen LogP contribution < -0.4 is 15.7 Å². The molecule has 3 nitrogen and oxygen atoms in total. The Labute approximate surface area is 422 Å². The maximum Gasteiger partial charge on any atom is 0.333 e. The van der Waals surface area contributed by atoms with Gasteiger partial charge in [-0.25, -0.2) is 0 Å². The monoisotopic (exact) mass is 931 g/mol. The molecular weight excluding hydrogens is 860 g/mol. The molecule has 0 atom stereocenters. The molecular formula is C67H71BN2O. The smallest absolute Gasteiger partial charge is 0.333 e. The topological polar surface area (TPSA) is 21.3 Å². The van der Waals surface area contributed by atoms with Crippen LogP contribution in [0.1, 0.15) is 162 Å². The van der Waals surface area contributed by atoms with Crippen LogP contribution in [-0.4, -0.2) is 11.4 Å². The maximum atomic E-state index is 7.53. The van der Waals surface area contributed by atoms with E-state index in [-0.39, 0.29) is 39.3 Å². The molecule has 2 aliphatic carbocycles. The number of fused-ring (bicyclic) bond motifs is 13. The molecule has 0 amide bonds. The number of rotatable bonds is 2. The fraction of sp³-hybridized carbons (Fsp3) is 0.373. The van der Waals surface area contributed by atoms with E-state index in [0.717, 1.165) is 24.0 Å². The Bertz CT molecular complexity index is 3800. The van der Waals surface area contributed by atoms with Gasteiger partial charge in [-0.15, -0.1) is 0 Å². The first-order valence-electron chi connectivity index (χ1n) is 26.7. The summed E-state index contributed by atoms with van der Waals surface area (Å²) in [6.07, 6.45) is 4.67. The summed E-state index contributed by atoms with van der Waals surface area (Å²) in [5.41, 5.74) is 26.0. The lowest BCUT2D eigenvalue weighted by atomic mass is 9.43. The number of hydrogen-bond acceptors (Lipinski definition) is 2. The average Bonchev–Trinajstić information content (AvgIpc) is 3.85. The van der Waals surface area contributed by atoms with Gasteiger partial charge in [-0.05, 0) is 192 Å². The normalized spacial score (nSPS) is 18.2. The number of benzene rings is 7. The molecule has 358 valence electrons. The third-order valence-corrected chi connectivity index (χ3v) is 18.5. The molecule has 0 spiro atoms. The van der Waals surface area contributed by atoms with Gasteiger partial charge in [-0.2, -0.15) is 0 Å². The number of hydrogen-bond donors (Lipinski definition) is 0. The van der Waals surface area contributed by atoms with Gasteiger partial charge in [-0.1, -0.05) is 145 Å². The van der Waals surface area contributed by atoms with Crippen molar-refractivity contribution in [3.8, 4) is 27.9 Å². The second kappa shape index (κ2) is 14.1. The third-order valence-electron chi connectivity index (χ3n) is 18.5. The van der Waals surface area contributed by atoms with Crippen LogP contribution in [0, 0.1) is 6.92 Å². The van der Waals surface area contributed by atoms with Crippen LogP contribution in [0.25, 0.3) is 71.7 Å². The fourth-order valence-corrected chi connectivity index (χ4v) is 13.8. The molecule has 4 heterocycles. The van der Waals surface area contributed by atoms with Crippen LogP contribution in [-0.2, 0) is 32.5 Å². The first-order chi connectivity index (χ1) is 33.3. The molecule has 4 heteroatoms. The van der Waals surface area contributed by atoms with Gasteiger partial charge in [0.15, 0.2) is 0 Å². The van der Waals surface area contributed by atoms with E-state index in [2.05, 4.69) is 222 Å². The summed E-state index contributed by atoms with van der Waals surface area (Å²) in [5, 5.41) is 5.07. The number of aromatic nitrogens is 1. The number of anilines is 2. The minimum atomic E-state index is -0.117. The molecule has 0 fully saturated rings. The van der Waals surface area contributed by atoms with E-state index in [1.807, 2.05) is 0 Å². The first kappa shape index (κ1) is 44.9. The van der Waals surface area contributed by atoms with Gasteiger partial charge in [0, 0.05) is 44.2 Å². The van der Waals surface area contributed by atoms with E-state index in [4.69, 9.17) is 4.42 Å². The van der Waals surface area contributed by atoms with Crippen LogP contribution in [0.3, 0.4) is 0 Å². The zero-order valence-corrected chi connectivity index (χ0v) is 45.1. The number of furan rings is 1. The third kappa shape index (κ3) is 6.28. The Hall–Kier alpha value is -6.00. The van der Waals surface area contributed by atoms with Gasteiger partial charge < -0.3 is 13.8 Å². The Balaban J connectivity index is 1.23. The van der Waals surface area contributed by atoms with Gasteiger partial charge >= 0.3 is 6.85 Å². The minimum absolute atomic E-state index is 0.00222. The van der Waals surface area contributed by atoms with E-state index in [1.165, 1.54) is 135 Å². The van der Waals surface area contributed by atoms with Crippen LogP contribution in [0.4, 0.5) is 11.4 Å². The molecule has 0 saturated heterocycles. The fourth-order valence-electron chi connectivity index (χ4n) is 13.8. The highest BCUT2D eigenvalue weighted by molar-refractivity contribution is 6.93. The molecule has 7 aromatic carbocycles. The lowest BCUT2D eigenvalue weighted by Crippen LogP contribution is -2.61. The van der Waals surface area contributed by atoms with Crippen LogP contribution in [0.15, 0.2) is 114 Å². The van der Waals surface area contributed by atoms with E-state index >= 15 is 0 Å². The molecule has 4 aliphatic rings. The summed E-state index contributed by atoms with van der Waals surface area (Å²) < 4.78 is 10.2. The van der Waals surface area contributed by atoms with Crippen molar-refractivity contribution in [2.45, 2.75) is 162 Å². The molecule has 71 heavy (non-hydrogen) atoms. The zero-order chi connectivity index (χ0) is 49.9. The summed E-state index contributed by atoms with van der Waals surface area (Å²) in [6.45, 7) is 36.1. The van der Waals surface area contributed by atoms with Crippen LogP contribution in [0.5, 0.6) is 0 Å². The van der Waals surface area contributed by atoms with E-state index < -0.39 is 0 Å². The van der Waals surface area contributed by atoms with Crippen molar-refractivity contribution in [2.24, 2.45) is 0 Å². The summed E-state index contributed by atoms with van der Waals surface area (Å²) in [7, 11) is 0. The highest BCUT2D eigenvalue weighted by Crippen LogP contribution is 2.55. The zero-order valence-electron chi connectivity index (χ0n) is 45.1. The molecule has 0 bridgehead atoms. The standard InChI is InChI=1S/C67H71BN2O/c1-38-29-48-50(66(12,13)27-25-64(48,8)9)36-55(38)70-54-24-22-43-45-35-49-51(67(14,15)28-26-65(49,10)11)37-57(45)71-61(43)58(54)47-30-40(39-19-17-16-18-20-39)31-56-59(47)68(70)52-34-42(63(5,6)7)33-46-44-32-41(62(2,3)4)21-23-53(44)69(56)60(46)52/h16-24,29-37H,25-28H2,1-15H3. The van der Waals surface area contributed by atoms with Gasteiger partial charge in [0.2, 0.25) is 0 Å². The van der Waals surface area contributed by atoms with Gasteiger partial charge in [0.05, 0.1) is 11.0 Å². The summed E-state index contributed by atoms with van der Waals surface area (Å²) in [5.74, 6) is 0. The molecule has 0 radical (unpaired) electrons. The predicted molar refractivity (Wildman–Crippen MR) is 305 cm³/mol. The Morgan fingerprint density at radius 3 is 1.76 bits per heavy atom. The molecule has 0 unspecified atom stereocenters. The van der Waals surface area contributed by atoms with Crippen molar-refractivity contribution in [1.29, 1.82) is 0 Å². The van der Waals surface area contributed by atoms with Gasteiger partial charge in [0.1, 0.15) is 11.2 Å². The SMILES string of the molecule is Cc1cc2c(cc1N1B3c4c(cc(-c5ccccc5)cc4-n4c5ccc(C(C)(C)C)cc5c5cc(C(C)(C)C)cc3c54)-c3c1ccc1c3oc3cc4c(cc31)C(C)(C)CCC4(C)C)C(C)(C)CCC2(C)C. The molecule has 2 aliphatic heterocycles. The lowest BCUT2D eigenvalue weighted by molar-refractivity contribution is 0.332. The van der Waals surface area contributed by atoms with Gasteiger partial charge in [-0.3, -0.25) is 0 Å². The summed E-state index contributed by atoms with van der Waals surface area (Å²) in [4.78, 5) is 2.78. The Morgan fingerprint density at radius 1 is 0.507 bits per heavy atom. The van der Waals surface area contributed by atoms with Crippen LogP contribution in [0.2, 0.25) is 0 Å².